The molecule has 0 unspecified atom stereocenters. The molecule has 2 aromatic rings. The summed E-state index contributed by atoms with van der Waals surface area (Å²) in [5.41, 5.74) is 1.46. The smallest absolute Gasteiger partial charge is 0.341 e. The van der Waals surface area contributed by atoms with E-state index in [1.165, 1.54) is 36.6 Å². The number of aryl methyl sites for hydroxylation is 1. The molecule has 1 N–H and O–H groups in total. The number of hydrogen-bond donors (Lipinski definition) is 1. The van der Waals surface area contributed by atoms with Crippen LogP contribution in [0.2, 0.25) is 0 Å². The zero-order valence-corrected chi connectivity index (χ0v) is 15.4. The van der Waals surface area contributed by atoms with Crippen LogP contribution >= 0.6 is 11.3 Å². The van der Waals surface area contributed by atoms with Gasteiger partial charge in [0.05, 0.1) is 19.1 Å². The SMILES string of the molecule is COC(=O)c1c(NC(=O)COC(=O)Cc2cccc(F)c2)sc(C)c1C. The highest BCUT2D eigenvalue weighted by molar-refractivity contribution is 7.16. The molecule has 0 aliphatic rings. The van der Waals surface area contributed by atoms with Crippen LogP contribution in [0.15, 0.2) is 24.3 Å². The largest absolute Gasteiger partial charge is 0.465 e. The van der Waals surface area contributed by atoms with Gasteiger partial charge in [-0.05, 0) is 37.1 Å². The van der Waals surface area contributed by atoms with E-state index in [9.17, 15) is 18.8 Å². The maximum absolute atomic E-state index is 13.1. The van der Waals surface area contributed by atoms with E-state index >= 15 is 0 Å². The molecule has 0 bridgehead atoms. The third-order valence-electron chi connectivity index (χ3n) is 3.63. The van der Waals surface area contributed by atoms with Gasteiger partial charge in [-0.1, -0.05) is 12.1 Å². The molecule has 0 fully saturated rings. The van der Waals surface area contributed by atoms with Crippen molar-refractivity contribution in [2.75, 3.05) is 19.0 Å². The molecule has 0 saturated heterocycles. The first kappa shape index (κ1) is 19.6. The lowest BCUT2D eigenvalue weighted by Crippen LogP contribution is -2.22. The average Bonchev–Trinajstić information content (AvgIpc) is 2.86. The fourth-order valence-corrected chi connectivity index (χ4v) is 3.30. The summed E-state index contributed by atoms with van der Waals surface area (Å²) in [6.45, 7) is 3.07. The van der Waals surface area contributed by atoms with Gasteiger partial charge in [-0.25, -0.2) is 9.18 Å². The number of amides is 1. The van der Waals surface area contributed by atoms with Crippen LogP contribution in [0.4, 0.5) is 9.39 Å². The summed E-state index contributed by atoms with van der Waals surface area (Å²) in [4.78, 5) is 36.5. The van der Waals surface area contributed by atoms with Crippen LogP contribution in [-0.2, 0) is 25.5 Å². The van der Waals surface area contributed by atoms with Crippen molar-refractivity contribution in [2.24, 2.45) is 0 Å². The Hall–Kier alpha value is -2.74. The molecule has 0 aliphatic heterocycles. The second-order valence-corrected chi connectivity index (χ2v) is 6.72. The summed E-state index contributed by atoms with van der Waals surface area (Å²) in [6, 6.07) is 5.57. The first-order valence-electron chi connectivity index (χ1n) is 7.70. The lowest BCUT2D eigenvalue weighted by atomic mass is 10.1. The quantitative estimate of drug-likeness (QED) is 0.781. The number of thiophene rings is 1. The highest BCUT2D eigenvalue weighted by Gasteiger charge is 2.22. The van der Waals surface area contributed by atoms with Crippen LogP contribution in [0.5, 0.6) is 0 Å². The van der Waals surface area contributed by atoms with E-state index in [-0.39, 0.29) is 12.0 Å². The Bertz CT molecular complexity index is 846. The van der Waals surface area contributed by atoms with Gasteiger partial charge in [0.2, 0.25) is 0 Å². The summed E-state index contributed by atoms with van der Waals surface area (Å²) in [6.07, 6.45) is -0.143. The first-order chi connectivity index (χ1) is 12.3. The van der Waals surface area contributed by atoms with Crippen molar-refractivity contribution < 1.29 is 28.2 Å². The van der Waals surface area contributed by atoms with Crippen molar-refractivity contribution in [3.8, 4) is 0 Å². The maximum atomic E-state index is 13.1. The minimum atomic E-state index is -0.655. The van der Waals surface area contributed by atoms with Crippen LogP contribution in [0.3, 0.4) is 0 Å². The molecule has 8 heteroatoms. The summed E-state index contributed by atoms with van der Waals surface area (Å²) >= 11 is 1.24. The van der Waals surface area contributed by atoms with E-state index < -0.39 is 30.3 Å². The third-order valence-corrected chi connectivity index (χ3v) is 4.75. The summed E-state index contributed by atoms with van der Waals surface area (Å²) in [7, 11) is 1.26. The van der Waals surface area contributed by atoms with Crippen LogP contribution < -0.4 is 5.32 Å². The fourth-order valence-electron chi connectivity index (χ4n) is 2.24. The highest BCUT2D eigenvalue weighted by Crippen LogP contribution is 2.32. The Morgan fingerprint density at radius 3 is 2.62 bits per heavy atom. The fraction of sp³-hybridized carbons (Fsp3) is 0.278. The monoisotopic (exact) mass is 379 g/mol. The molecule has 2 rings (SSSR count). The predicted molar refractivity (Wildman–Crippen MR) is 94.8 cm³/mol. The Morgan fingerprint density at radius 2 is 1.96 bits per heavy atom. The van der Waals surface area contributed by atoms with Crippen LogP contribution in [0, 0.1) is 19.7 Å². The number of carbonyl (C=O) groups excluding carboxylic acids is 3. The van der Waals surface area contributed by atoms with Crippen LogP contribution in [-0.4, -0.2) is 31.6 Å². The third kappa shape index (κ3) is 4.89. The lowest BCUT2D eigenvalue weighted by Gasteiger charge is -2.07. The van der Waals surface area contributed by atoms with Gasteiger partial charge in [-0.3, -0.25) is 9.59 Å². The molecule has 1 heterocycles. The van der Waals surface area contributed by atoms with Crippen molar-refractivity contribution in [3.05, 3.63) is 51.7 Å². The number of methoxy groups -OCH3 is 1. The standard InChI is InChI=1S/C18H18FNO5S/c1-10-11(2)26-17(16(10)18(23)24-3)20-14(21)9-25-15(22)8-12-5-4-6-13(19)7-12/h4-7H,8-9H2,1-3H3,(H,20,21). The normalized spacial score (nSPS) is 10.3. The van der Waals surface area contributed by atoms with Crippen molar-refractivity contribution in [1.29, 1.82) is 0 Å². The maximum Gasteiger partial charge on any atom is 0.341 e. The Balaban J connectivity index is 1.94. The van der Waals surface area contributed by atoms with Gasteiger partial charge in [0.15, 0.2) is 6.61 Å². The van der Waals surface area contributed by atoms with Gasteiger partial charge in [-0.2, -0.15) is 0 Å². The first-order valence-corrected chi connectivity index (χ1v) is 8.51. The van der Waals surface area contributed by atoms with E-state index in [4.69, 9.17) is 9.47 Å². The average molecular weight is 379 g/mol. The number of anilines is 1. The zero-order chi connectivity index (χ0) is 19.3. The van der Waals surface area contributed by atoms with Crippen molar-refractivity contribution in [3.63, 3.8) is 0 Å². The molecule has 1 amide bonds. The summed E-state index contributed by atoms with van der Waals surface area (Å²) in [5, 5.41) is 2.90. The summed E-state index contributed by atoms with van der Waals surface area (Å²) < 4.78 is 22.7. The minimum absolute atomic E-state index is 0.143. The van der Waals surface area contributed by atoms with E-state index in [0.29, 0.717) is 10.6 Å². The van der Waals surface area contributed by atoms with Gasteiger partial charge < -0.3 is 14.8 Å². The zero-order valence-electron chi connectivity index (χ0n) is 14.6. The molecule has 0 radical (unpaired) electrons. The van der Waals surface area contributed by atoms with E-state index in [1.807, 2.05) is 6.92 Å². The Morgan fingerprint density at radius 1 is 1.23 bits per heavy atom. The number of ether oxygens (including phenoxy) is 2. The summed E-state index contributed by atoms with van der Waals surface area (Å²) in [5.74, 6) is -2.24. The van der Waals surface area contributed by atoms with Gasteiger partial charge in [0.1, 0.15) is 10.8 Å². The molecule has 0 atom stereocenters. The van der Waals surface area contributed by atoms with Crippen molar-refractivity contribution in [2.45, 2.75) is 20.3 Å². The van der Waals surface area contributed by atoms with Gasteiger partial charge >= 0.3 is 11.9 Å². The topological polar surface area (TPSA) is 81.7 Å². The molecular weight excluding hydrogens is 361 g/mol. The molecule has 1 aromatic heterocycles. The van der Waals surface area contributed by atoms with E-state index in [1.54, 1.807) is 13.0 Å². The van der Waals surface area contributed by atoms with Crippen molar-refractivity contribution >= 4 is 34.2 Å². The van der Waals surface area contributed by atoms with E-state index in [2.05, 4.69) is 5.32 Å². The molecule has 138 valence electrons. The molecular formula is C18H18FNO5S. The molecule has 0 aliphatic carbocycles. The lowest BCUT2D eigenvalue weighted by molar-refractivity contribution is -0.146. The Kier molecular flexibility index (Phi) is 6.46. The molecule has 6 nitrogen and oxygen atoms in total. The number of benzene rings is 1. The highest BCUT2D eigenvalue weighted by atomic mass is 32.1. The van der Waals surface area contributed by atoms with Crippen molar-refractivity contribution in [1.82, 2.24) is 0 Å². The molecule has 0 spiro atoms. The molecule has 26 heavy (non-hydrogen) atoms. The number of halogens is 1. The van der Waals surface area contributed by atoms with Gasteiger partial charge in [0.25, 0.3) is 5.91 Å². The second kappa shape index (κ2) is 8.57. The number of esters is 2. The van der Waals surface area contributed by atoms with Crippen LogP contribution in [0.1, 0.15) is 26.4 Å². The van der Waals surface area contributed by atoms with Gasteiger partial charge in [-0.15, -0.1) is 11.3 Å². The van der Waals surface area contributed by atoms with E-state index in [0.717, 1.165) is 10.4 Å². The minimum Gasteiger partial charge on any atom is -0.465 e. The van der Waals surface area contributed by atoms with Crippen LogP contribution in [0.25, 0.3) is 0 Å². The predicted octanol–water partition coefficient (Wildman–Crippen LogP) is 3.02. The number of hydrogen-bond acceptors (Lipinski definition) is 6. The number of nitrogens with one attached hydrogen (secondary N) is 1. The molecule has 0 saturated carbocycles. The molecule has 1 aromatic carbocycles. The van der Waals surface area contributed by atoms with Gasteiger partial charge in [0, 0.05) is 4.88 Å². The Labute approximate surface area is 153 Å². The number of rotatable bonds is 6. The second-order valence-electron chi connectivity index (χ2n) is 5.49. The number of carbonyl (C=O) groups is 3.